The zero-order valence-electron chi connectivity index (χ0n) is 10.6. The predicted molar refractivity (Wildman–Crippen MR) is 80.2 cm³/mol. The molecule has 3 nitrogen and oxygen atoms in total. The van der Waals surface area contributed by atoms with Gasteiger partial charge in [-0.15, -0.1) is 0 Å². The molecule has 1 amide bonds. The zero-order valence-corrected chi connectivity index (χ0v) is 11.5. The van der Waals surface area contributed by atoms with Crippen molar-refractivity contribution in [3.05, 3.63) is 46.7 Å². The van der Waals surface area contributed by atoms with Crippen LogP contribution in [0.4, 0.5) is 11.4 Å². The Hall–Kier alpha value is -1.81. The number of carbonyl (C=O) groups is 1. The third kappa shape index (κ3) is 2.79. The van der Waals surface area contributed by atoms with Crippen LogP contribution in [0.15, 0.2) is 41.1 Å². The first kappa shape index (κ1) is 12.2. The number of thiophene rings is 1. The van der Waals surface area contributed by atoms with Crippen LogP contribution in [0.1, 0.15) is 23.2 Å². The summed E-state index contributed by atoms with van der Waals surface area (Å²) < 4.78 is 0. The lowest BCUT2D eigenvalue weighted by atomic mass is 10.2. The van der Waals surface area contributed by atoms with E-state index in [1.165, 1.54) is 29.9 Å². The molecule has 3 rings (SSSR count). The fraction of sp³-hybridized carbons (Fsp3) is 0.267. The van der Waals surface area contributed by atoms with Crippen molar-refractivity contribution in [3.8, 4) is 0 Å². The first-order valence-electron chi connectivity index (χ1n) is 6.51. The molecule has 0 radical (unpaired) electrons. The summed E-state index contributed by atoms with van der Waals surface area (Å²) in [6.07, 6.45) is 2.55. The average molecular weight is 272 g/mol. The Morgan fingerprint density at radius 2 is 1.84 bits per heavy atom. The Morgan fingerprint density at radius 1 is 1.11 bits per heavy atom. The molecule has 0 aliphatic carbocycles. The number of nitrogens with one attached hydrogen (secondary N) is 1. The van der Waals surface area contributed by atoms with Crippen molar-refractivity contribution in [2.75, 3.05) is 23.3 Å². The molecule has 1 aromatic carbocycles. The number of amides is 1. The fourth-order valence-electron chi connectivity index (χ4n) is 2.33. The molecule has 1 aliphatic rings. The lowest BCUT2D eigenvalue weighted by Crippen LogP contribution is -2.17. The summed E-state index contributed by atoms with van der Waals surface area (Å²) in [4.78, 5) is 14.3. The normalized spacial score (nSPS) is 14.6. The highest BCUT2D eigenvalue weighted by Crippen LogP contribution is 2.22. The van der Waals surface area contributed by atoms with Crippen LogP contribution >= 0.6 is 11.3 Å². The van der Waals surface area contributed by atoms with Crippen LogP contribution in [0.25, 0.3) is 0 Å². The Bertz CT molecular complexity index is 542. The van der Waals surface area contributed by atoms with Crippen molar-refractivity contribution in [1.82, 2.24) is 0 Å². The third-order valence-corrected chi connectivity index (χ3v) is 4.06. The van der Waals surface area contributed by atoms with Crippen LogP contribution in [0.5, 0.6) is 0 Å². The summed E-state index contributed by atoms with van der Waals surface area (Å²) in [5.74, 6) is -0.0461. The van der Waals surface area contributed by atoms with E-state index in [2.05, 4.69) is 22.3 Å². The molecule has 1 fully saturated rings. The largest absolute Gasteiger partial charge is 0.372 e. The third-order valence-electron chi connectivity index (χ3n) is 3.38. The maximum atomic E-state index is 11.9. The minimum absolute atomic E-state index is 0.0461. The standard InChI is InChI=1S/C15H16N2OS/c18-15(12-7-10-19-11-12)16-13-3-5-14(6-4-13)17-8-1-2-9-17/h3-7,10-11H,1-2,8-9H2,(H,16,18). The van der Waals surface area contributed by atoms with Crippen LogP contribution < -0.4 is 10.2 Å². The number of anilines is 2. The van der Waals surface area contributed by atoms with Gasteiger partial charge in [0.15, 0.2) is 0 Å². The van der Waals surface area contributed by atoms with E-state index >= 15 is 0 Å². The number of hydrogen-bond donors (Lipinski definition) is 1. The second-order valence-corrected chi connectivity index (χ2v) is 5.49. The predicted octanol–water partition coefficient (Wildman–Crippen LogP) is 3.60. The van der Waals surface area contributed by atoms with Gasteiger partial charge in [0.25, 0.3) is 5.91 Å². The van der Waals surface area contributed by atoms with E-state index in [0.717, 1.165) is 18.8 Å². The topological polar surface area (TPSA) is 32.3 Å². The van der Waals surface area contributed by atoms with Gasteiger partial charge >= 0.3 is 0 Å². The second kappa shape index (κ2) is 5.45. The lowest BCUT2D eigenvalue weighted by Gasteiger charge is -2.17. The number of rotatable bonds is 3. The van der Waals surface area contributed by atoms with E-state index < -0.39 is 0 Å². The number of carbonyl (C=O) groups excluding carboxylic acids is 1. The van der Waals surface area contributed by atoms with Crippen molar-refractivity contribution in [2.24, 2.45) is 0 Å². The maximum Gasteiger partial charge on any atom is 0.256 e. The molecule has 2 aromatic rings. The van der Waals surface area contributed by atoms with Gasteiger partial charge in [0.1, 0.15) is 0 Å². The van der Waals surface area contributed by atoms with Crippen LogP contribution in [-0.2, 0) is 0 Å². The SMILES string of the molecule is O=C(Nc1ccc(N2CCCC2)cc1)c1ccsc1. The lowest BCUT2D eigenvalue weighted by molar-refractivity contribution is 0.102. The van der Waals surface area contributed by atoms with Crippen LogP contribution in [0.3, 0.4) is 0 Å². The number of benzene rings is 1. The van der Waals surface area contributed by atoms with Crippen molar-refractivity contribution in [1.29, 1.82) is 0 Å². The zero-order chi connectivity index (χ0) is 13.1. The van der Waals surface area contributed by atoms with Gasteiger partial charge in [-0.05, 0) is 48.6 Å². The summed E-state index contributed by atoms with van der Waals surface area (Å²) in [5, 5.41) is 6.67. The first-order chi connectivity index (χ1) is 9.33. The van der Waals surface area contributed by atoms with Crippen LogP contribution in [0.2, 0.25) is 0 Å². The van der Waals surface area contributed by atoms with Gasteiger partial charge in [-0.1, -0.05) is 0 Å². The Labute approximate surface area is 116 Å². The van der Waals surface area contributed by atoms with Gasteiger partial charge in [-0.3, -0.25) is 4.79 Å². The Morgan fingerprint density at radius 3 is 2.47 bits per heavy atom. The molecule has 0 atom stereocenters. The molecule has 0 spiro atoms. The first-order valence-corrected chi connectivity index (χ1v) is 7.46. The molecule has 1 N–H and O–H groups in total. The minimum atomic E-state index is -0.0461. The second-order valence-electron chi connectivity index (χ2n) is 4.71. The average Bonchev–Trinajstić information content (AvgIpc) is 3.13. The molecule has 19 heavy (non-hydrogen) atoms. The Kier molecular flexibility index (Phi) is 3.51. The molecule has 4 heteroatoms. The van der Waals surface area contributed by atoms with Crippen molar-refractivity contribution in [2.45, 2.75) is 12.8 Å². The van der Waals surface area contributed by atoms with Gasteiger partial charge in [-0.25, -0.2) is 0 Å². The van der Waals surface area contributed by atoms with Crippen LogP contribution in [-0.4, -0.2) is 19.0 Å². The van der Waals surface area contributed by atoms with E-state index in [0.29, 0.717) is 5.56 Å². The van der Waals surface area contributed by atoms with E-state index in [4.69, 9.17) is 0 Å². The summed E-state index contributed by atoms with van der Waals surface area (Å²) in [7, 11) is 0. The molecule has 98 valence electrons. The van der Waals surface area contributed by atoms with E-state index in [1.54, 1.807) is 0 Å². The molecule has 1 aliphatic heterocycles. The van der Waals surface area contributed by atoms with Gasteiger partial charge in [0.2, 0.25) is 0 Å². The van der Waals surface area contributed by atoms with E-state index in [1.807, 2.05) is 29.0 Å². The van der Waals surface area contributed by atoms with Crippen molar-refractivity contribution in [3.63, 3.8) is 0 Å². The summed E-state index contributed by atoms with van der Waals surface area (Å²) in [6.45, 7) is 2.28. The van der Waals surface area contributed by atoms with Crippen molar-refractivity contribution >= 4 is 28.6 Å². The maximum absolute atomic E-state index is 11.9. The molecular formula is C15H16N2OS. The summed E-state index contributed by atoms with van der Waals surface area (Å²) in [6, 6.07) is 9.93. The quantitative estimate of drug-likeness (QED) is 0.926. The van der Waals surface area contributed by atoms with Crippen LogP contribution in [0, 0.1) is 0 Å². The minimum Gasteiger partial charge on any atom is -0.372 e. The highest BCUT2D eigenvalue weighted by atomic mass is 32.1. The fourth-order valence-corrected chi connectivity index (χ4v) is 2.96. The Balaban J connectivity index is 1.67. The van der Waals surface area contributed by atoms with E-state index in [9.17, 15) is 4.79 Å². The molecule has 0 saturated carbocycles. The molecular weight excluding hydrogens is 256 g/mol. The monoisotopic (exact) mass is 272 g/mol. The number of nitrogens with zero attached hydrogens (tertiary/aromatic N) is 1. The highest BCUT2D eigenvalue weighted by molar-refractivity contribution is 7.08. The summed E-state index contributed by atoms with van der Waals surface area (Å²) in [5.41, 5.74) is 2.80. The van der Waals surface area contributed by atoms with Crippen molar-refractivity contribution < 1.29 is 4.79 Å². The molecule has 0 unspecified atom stereocenters. The van der Waals surface area contributed by atoms with Gasteiger partial charge < -0.3 is 10.2 Å². The van der Waals surface area contributed by atoms with Gasteiger partial charge in [0, 0.05) is 29.8 Å². The molecule has 0 bridgehead atoms. The summed E-state index contributed by atoms with van der Waals surface area (Å²) >= 11 is 1.53. The van der Waals surface area contributed by atoms with E-state index in [-0.39, 0.29) is 5.91 Å². The molecule has 1 aromatic heterocycles. The van der Waals surface area contributed by atoms with Gasteiger partial charge in [-0.2, -0.15) is 11.3 Å². The smallest absolute Gasteiger partial charge is 0.256 e. The molecule has 1 saturated heterocycles. The number of hydrogen-bond acceptors (Lipinski definition) is 3. The highest BCUT2D eigenvalue weighted by Gasteiger charge is 2.12. The van der Waals surface area contributed by atoms with Gasteiger partial charge in [0.05, 0.1) is 5.56 Å². The molecule has 2 heterocycles.